The Morgan fingerprint density at radius 2 is 1.76 bits per heavy atom. The van der Waals surface area contributed by atoms with Crippen LogP contribution in [0.5, 0.6) is 11.5 Å². The standard InChI is InChI=1S/C21H9ClF5N3O3/c22-10-5-13-17(28-7-10)18(12-6-14-19(33-8-32-14)16(24)15(12)23)29-30(20(13)31)11-3-1-9(2-4-11)21(25,26)27/h1-7H,8H2. The molecule has 0 radical (unpaired) electrons. The van der Waals surface area contributed by atoms with Crippen LogP contribution in [0.4, 0.5) is 22.0 Å². The molecule has 0 amide bonds. The number of rotatable bonds is 2. The summed E-state index contributed by atoms with van der Waals surface area (Å²) in [5.74, 6) is -3.15. The number of fused-ring (bicyclic) bond motifs is 2. The summed E-state index contributed by atoms with van der Waals surface area (Å²) in [6, 6.07) is 5.98. The summed E-state index contributed by atoms with van der Waals surface area (Å²) in [7, 11) is 0. The average Bonchev–Trinajstić information content (AvgIpc) is 3.25. The predicted molar refractivity (Wildman–Crippen MR) is 107 cm³/mol. The van der Waals surface area contributed by atoms with Crippen LogP contribution in [0.15, 0.2) is 47.4 Å². The van der Waals surface area contributed by atoms with Gasteiger partial charge in [-0.1, -0.05) is 11.6 Å². The molecule has 0 fully saturated rings. The Kier molecular flexibility index (Phi) is 4.74. The van der Waals surface area contributed by atoms with Crippen LogP contribution in [-0.4, -0.2) is 21.6 Å². The van der Waals surface area contributed by atoms with E-state index in [1.807, 2.05) is 0 Å². The third kappa shape index (κ3) is 3.44. The molecule has 0 atom stereocenters. The number of pyridine rings is 1. The van der Waals surface area contributed by atoms with E-state index in [-0.39, 0.29) is 39.8 Å². The van der Waals surface area contributed by atoms with Crippen molar-refractivity contribution in [3.05, 3.63) is 75.2 Å². The molecular formula is C21H9ClF5N3O3. The van der Waals surface area contributed by atoms with Gasteiger partial charge < -0.3 is 9.47 Å². The molecule has 3 heterocycles. The molecule has 0 spiro atoms. The van der Waals surface area contributed by atoms with Crippen LogP contribution < -0.4 is 15.0 Å². The third-order valence-corrected chi connectivity index (χ3v) is 5.15. The summed E-state index contributed by atoms with van der Waals surface area (Å²) in [4.78, 5) is 17.1. The molecule has 0 unspecified atom stereocenters. The van der Waals surface area contributed by atoms with Gasteiger partial charge in [0.15, 0.2) is 11.6 Å². The van der Waals surface area contributed by atoms with Crippen molar-refractivity contribution >= 4 is 22.5 Å². The Hall–Kier alpha value is -3.73. The molecule has 12 heteroatoms. The van der Waals surface area contributed by atoms with Crippen molar-refractivity contribution in [1.82, 2.24) is 14.8 Å². The summed E-state index contributed by atoms with van der Waals surface area (Å²) in [6.07, 6.45) is -3.39. The molecule has 0 saturated carbocycles. The van der Waals surface area contributed by atoms with E-state index in [4.69, 9.17) is 21.1 Å². The molecule has 1 aliphatic rings. The zero-order chi connectivity index (χ0) is 23.5. The molecule has 2 aromatic heterocycles. The molecule has 2 aromatic carbocycles. The van der Waals surface area contributed by atoms with Crippen molar-refractivity contribution in [3.63, 3.8) is 0 Å². The lowest BCUT2D eigenvalue weighted by Crippen LogP contribution is -2.23. The van der Waals surface area contributed by atoms with Crippen molar-refractivity contribution in [3.8, 4) is 28.4 Å². The molecule has 168 valence electrons. The first kappa shape index (κ1) is 21.1. The van der Waals surface area contributed by atoms with Crippen LogP contribution >= 0.6 is 11.6 Å². The molecule has 0 bridgehead atoms. The Morgan fingerprint density at radius 1 is 1.03 bits per heavy atom. The molecule has 4 aromatic rings. The second-order valence-electron chi connectivity index (χ2n) is 6.95. The lowest BCUT2D eigenvalue weighted by molar-refractivity contribution is -0.137. The second-order valence-corrected chi connectivity index (χ2v) is 7.38. The number of halogens is 6. The topological polar surface area (TPSA) is 66.2 Å². The fourth-order valence-corrected chi connectivity index (χ4v) is 3.56. The van der Waals surface area contributed by atoms with Gasteiger partial charge in [-0.15, -0.1) is 0 Å². The minimum Gasteiger partial charge on any atom is -0.453 e. The molecular weight excluding hydrogens is 473 g/mol. The highest BCUT2D eigenvalue weighted by Gasteiger charge is 2.31. The molecule has 5 rings (SSSR count). The average molecular weight is 482 g/mol. The first-order chi connectivity index (χ1) is 15.6. The van der Waals surface area contributed by atoms with Crippen molar-refractivity contribution in [2.75, 3.05) is 6.79 Å². The molecule has 0 aliphatic carbocycles. The molecule has 6 nitrogen and oxygen atoms in total. The van der Waals surface area contributed by atoms with Crippen LogP contribution in [0.2, 0.25) is 5.02 Å². The zero-order valence-corrected chi connectivity index (χ0v) is 16.8. The zero-order valence-electron chi connectivity index (χ0n) is 16.1. The highest BCUT2D eigenvalue weighted by Crippen LogP contribution is 2.41. The summed E-state index contributed by atoms with van der Waals surface area (Å²) < 4.78 is 79.1. The van der Waals surface area contributed by atoms with Gasteiger partial charge in [-0.05, 0) is 36.4 Å². The van der Waals surface area contributed by atoms with Crippen LogP contribution in [0.25, 0.3) is 27.8 Å². The number of ether oxygens (including phenoxy) is 2. The SMILES string of the molecule is O=c1c2cc(Cl)cnc2c(-c2cc3c(c(F)c2F)OCO3)nn1-c1ccc(C(F)(F)F)cc1. The van der Waals surface area contributed by atoms with Gasteiger partial charge in [-0.2, -0.15) is 27.3 Å². The van der Waals surface area contributed by atoms with Gasteiger partial charge in [0.1, 0.15) is 11.2 Å². The molecule has 0 saturated heterocycles. The lowest BCUT2D eigenvalue weighted by Gasteiger charge is -2.13. The van der Waals surface area contributed by atoms with Gasteiger partial charge >= 0.3 is 6.18 Å². The van der Waals surface area contributed by atoms with E-state index in [0.29, 0.717) is 0 Å². The van der Waals surface area contributed by atoms with Crippen molar-refractivity contribution in [2.45, 2.75) is 6.18 Å². The van der Waals surface area contributed by atoms with Gasteiger partial charge in [0.05, 0.1) is 21.7 Å². The third-order valence-electron chi connectivity index (χ3n) is 4.94. The van der Waals surface area contributed by atoms with Crippen molar-refractivity contribution in [2.24, 2.45) is 0 Å². The highest BCUT2D eigenvalue weighted by atomic mass is 35.5. The largest absolute Gasteiger partial charge is 0.453 e. The van der Waals surface area contributed by atoms with Gasteiger partial charge in [-0.25, -0.2) is 4.39 Å². The number of nitrogens with zero attached hydrogens (tertiary/aromatic N) is 3. The fourth-order valence-electron chi connectivity index (χ4n) is 3.40. The maximum atomic E-state index is 15.0. The maximum absolute atomic E-state index is 15.0. The minimum atomic E-state index is -4.59. The van der Waals surface area contributed by atoms with E-state index in [1.54, 1.807) is 0 Å². The predicted octanol–water partition coefficient (Wildman–Crippen LogP) is 5.13. The van der Waals surface area contributed by atoms with Gasteiger partial charge in [0.2, 0.25) is 18.4 Å². The van der Waals surface area contributed by atoms with Crippen LogP contribution in [0.1, 0.15) is 5.56 Å². The first-order valence-corrected chi connectivity index (χ1v) is 9.57. The number of hydrogen-bond acceptors (Lipinski definition) is 5. The Balaban J connectivity index is 1.80. The van der Waals surface area contributed by atoms with E-state index >= 15 is 0 Å². The Bertz CT molecular complexity index is 1490. The maximum Gasteiger partial charge on any atom is 0.416 e. The highest BCUT2D eigenvalue weighted by molar-refractivity contribution is 6.31. The van der Waals surface area contributed by atoms with E-state index in [1.165, 1.54) is 12.3 Å². The summed E-state index contributed by atoms with van der Waals surface area (Å²) in [6.45, 7) is -0.317. The van der Waals surface area contributed by atoms with Crippen LogP contribution in [0.3, 0.4) is 0 Å². The molecule has 1 aliphatic heterocycles. The Morgan fingerprint density at radius 3 is 2.45 bits per heavy atom. The summed E-state index contributed by atoms with van der Waals surface area (Å²) in [5, 5.41) is 4.07. The Labute approximate surface area is 185 Å². The van der Waals surface area contributed by atoms with E-state index in [9.17, 15) is 26.7 Å². The van der Waals surface area contributed by atoms with Gasteiger partial charge in [0, 0.05) is 11.8 Å². The minimum absolute atomic E-state index is 0.0438. The quantitative estimate of drug-likeness (QED) is 0.372. The monoisotopic (exact) mass is 481 g/mol. The number of aromatic nitrogens is 3. The molecule has 0 N–H and O–H groups in total. The van der Waals surface area contributed by atoms with Gasteiger partial charge in [0.25, 0.3) is 5.56 Å². The number of benzene rings is 2. The fraction of sp³-hybridized carbons (Fsp3) is 0.0952. The van der Waals surface area contributed by atoms with E-state index in [0.717, 1.165) is 35.0 Å². The first-order valence-electron chi connectivity index (χ1n) is 9.19. The van der Waals surface area contributed by atoms with Crippen molar-refractivity contribution < 1.29 is 31.4 Å². The van der Waals surface area contributed by atoms with Gasteiger partial charge in [-0.3, -0.25) is 9.78 Å². The van der Waals surface area contributed by atoms with E-state index < -0.39 is 40.2 Å². The number of hydrogen-bond donors (Lipinski definition) is 0. The summed E-state index contributed by atoms with van der Waals surface area (Å²) in [5.41, 5.74) is -2.49. The summed E-state index contributed by atoms with van der Waals surface area (Å²) >= 11 is 5.96. The molecule has 33 heavy (non-hydrogen) atoms. The van der Waals surface area contributed by atoms with Crippen LogP contribution in [0, 0.1) is 11.6 Å². The van der Waals surface area contributed by atoms with Crippen molar-refractivity contribution in [1.29, 1.82) is 0 Å². The van der Waals surface area contributed by atoms with Crippen LogP contribution in [-0.2, 0) is 6.18 Å². The second kappa shape index (κ2) is 7.41. The number of alkyl halides is 3. The lowest BCUT2D eigenvalue weighted by atomic mass is 10.1. The normalized spacial score (nSPS) is 13.0. The smallest absolute Gasteiger partial charge is 0.416 e. The van der Waals surface area contributed by atoms with E-state index in [2.05, 4.69) is 10.1 Å².